The third-order valence-electron chi connectivity index (χ3n) is 24.7. The van der Waals surface area contributed by atoms with Crippen molar-refractivity contribution < 1.29 is 20.1 Å². The second kappa shape index (κ2) is 44.6. The number of pyridine rings is 8. The molecule has 0 saturated carbocycles. The topological polar surface area (TPSA) is 261 Å². The number of nitrogens with zero attached hydrogens (tertiary/aromatic N) is 14. The second-order valence-corrected chi connectivity index (χ2v) is 37.1. The molecule has 11 aromatic heterocycles. The molecule has 0 fully saturated rings. The SMILES string of the molecule is Brc1cc(-c2nc(-c3ccccc3)cc(-c3ccccc3)n2)cc(-c2cc3cccnc3c3ncccc23)c1.Brc1cc(Br)cc(-c2nc(-c3ccccc3)cc(-c3ccccc3)n2)c1.OB(O)c1cc2cccnc2c2ncccc12.OB(O)c1ccc(-c2ccccc2)nc1.c1ccc(-c2ccc(-c3cc(-c4nc(-c5ccccc5)cc(-c5ccccc5)n4)cc(-c4cc5cccnc5c5ncccc45)c3)cn2)cc1. The van der Waals surface area contributed by atoms with E-state index in [-0.39, 0.29) is 0 Å². The predicted molar refractivity (Wildman–Crippen MR) is 605 cm³/mol. The van der Waals surface area contributed by atoms with Crippen LogP contribution in [0.25, 0.3) is 223 Å². The lowest BCUT2D eigenvalue weighted by Gasteiger charge is -2.15. The molecule has 18 nitrogen and oxygen atoms in total. The lowest BCUT2D eigenvalue weighted by Crippen LogP contribution is -2.30. The molecule has 11 heterocycles. The van der Waals surface area contributed by atoms with Gasteiger partial charge in [0.2, 0.25) is 0 Å². The van der Waals surface area contributed by atoms with E-state index < -0.39 is 14.2 Å². The van der Waals surface area contributed by atoms with Gasteiger partial charge in [-0.1, -0.05) is 345 Å². The van der Waals surface area contributed by atoms with Crippen LogP contribution in [0.3, 0.4) is 0 Å². The minimum Gasteiger partial charge on any atom is -0.423 e. The number of aromatic nitrogens is 14. The van der Waals surface area contributed by atoms with Crippen molar-refractivity contribution >= 4 is 138 Å². The highest BCUT2D eigenvalue weighted by atomic mass is 79.9. The van der Waals surface area contributed by atoms with Gasteiger partial charge in [-0.2, -0.15) is 0 Å². The van der Waals surface area contributed by atoms with Crippen molar-refractivity contribution in [3.05, 3.63) is 494 Å². The minimum atomic E-state index is -1.51. The molecule has 0 radical (unpaired) electrons. The smallest absolute Gasteiger partial charge is 0.423 e. The third kappa shape index (κ3) is 22.2. The molecule has 0 bridgehead atoms. The van der Waals surface area contributed by atoms with E-state index in [0.717, 1.165) is 208 Å². The molecule has 0 aliphatic rings. The molecule has 4 N–H and O–H groups in total. The first kappa shape index (κ1) is 95.7. The Hall–Kier alpha value is -17.5. The monoisotopic (exact) mass is 2090 g/mol. The van der Waals surface area contributed by atoms with Crippen LogP contribution in [0, 0.1) is 0 Å². The summed E-state index contributed by atoms with van der Waals surface area (Å²) in [7, 11) is -2.96. The molecular formula is C124H83B2Br3N14O4. The standard InChI is InChI=1S/C45H29N5.C34H21BrN4.C22H14Br2N2.C12H9BN2O2.C11H10BNO2/c1-4-12-30(13-5-1)40-21-20-34(29-48-40)35-24-36(39-27-33-18-10-22-46-43(33)44-38(39)19-11-23-47-44)26-37(25-35)45-49-41(31-14-6-2-7-15-31)28-42(50-45)32-16-8-3-9-17-32;35-27-18-25(29-20-24-13-7-15-36-32(24)33-28(29)14-8-16-37-33)17-26(19-27)34-38-30(22-9-3-1-4-10-22)21-31(39-34)23-11-5-2-6-12-23;23-18-11-17(12-19(24)13-18)22-25-20(15-7-3-1-4-8-15)14-21(26-22)16-9-5-2-6-10-16;16-13(17)10-7-8-3-1-5-14-11(8)12-9(10)4-2-6-15-12;14-12(15)10-6-7-11(13-8-10)9-4-2-1-3-5-9/h1-29H;1-21H;1-14H;1-7,16-17H;1-8,14-15H. The van der Waals surface area contributed by atoms with Crippen LogP contribution in [0.1, 0.15) is 0 Å². The van der Waals surface area contributed by atoms with E-state index in [4.69, 9.17) is 54.9 Å². The Morgan fingerprint density at radius 2 is 0.449 bits per heavy atom. The molecule has 0 aliphatic carbocycles. The van der Waals surface area contributed by atoms with Crippen LogP contribution in [-0.4, -0.2) is 104 Å². The first-order valence-electron chi connectivity index (χ1n) is 47.3. The van der Waals surface area contributed by atoms with Crippen molar-refractivity contribution in [3.63, 3.8) is 0 Å². The number of fused-ring (bicyclic) bond motifs is 9. The van der Waals surface area contributed by atoms with Gasteiger partial charge in [0.1, 0.15) is 0 Å². The summed E-state index contributed by atoms with van der Waals surface area (Å²) >= 11 is 10.9. The summed E-state index contributed by atoms with van der Waals surface area (Å²) in [6, 6.07) is 144. The number of halogens is 3. The summed E-state index contributed by atoms with van der Waals surface area (Å²) in [4.78, 5) is 66.5. The molecule has 23 heteroatoms. The number of benzene rings is 14. The second-order valence-electron chi connectivity index (χ2n) is 34.4. The van der Waals surface area contributed by atoms with Gasteiger partial charge in [-0.25, -0.2) is 29.9 Å². The molecule has 25 rings (SSSR count). The fourth-order valence-corrected chi connectivity index (χ4v) is 19.4. The molecule has 0 saturated heterocycles. The van der Waals surface area contributed by atoms with Gasteiger partial charge in [0, 0.05) is 168 Å². The highest BCUT2D eigenvalue weighted by Crippen LogP contribution is 2.43. The van der Waals surface area contributed by atoms with Crippen LogP contribution in [0.2, 0.25) is 0 Å². The number of rotatable bonds is 16. The zero-order valence-electron chi connectivity index (χ0n) is 78.4. The number of hydrogen-bond acceptors (Lipinski definition) is 18. The van der Waals surface area contributed by atoms with Crippen LogP contribution in [0.15, 0.2) is 494 Å². The molecule has 147 heavy (non-hydrogen) atoms. The predicted octanol–water partition coefficient (Wildman–Crippen LogP) is 27.9. The maximum Gasteiger partial charge on any atom is 0.490 e. The average Bonchev–Trinajstić information content (AvgIpc) is 0.736. The van der Waals surface area contributed by atoms with Gasteiger partial charge in [-0.15, -0.1) is 0 Å². The molecule has 0 atom stereocenters. The molecule has 0 amide bonds. The lowest BCUT2D eigenvalue weighted by atomic mass is 9.77. The molecular weight excluding hydrogens is 2010 g/mol. The van der Waals surface area contributed by atoms with Gasteiger partial charge in [-0.05, 0) is 167 Å². The molecule has 0 unspecified atom stereocenters. The van der Waals surface area contributed by atoms with Crippen molar-refractivity contribution in [1.29, 1.82) is 0 Å². The van der Waals surface area contributed by atoms with E-state index in [9.17, 15) is 10.0 Å². The van der Waals surface area contributed by atoms with E-state index in [2.05, 4.69) is 255 Å². The van der Waals surface area contributed by atoms with Crippen molar-refractivity contribution in [2.45, 2.75) is 0 Å². The van der Waals surface area contributed by atoms with Crippen molar-refractivity contribution in [1.82, 2.24) is 69.8 Å². The molecule has 700 valence electrons. The van der Waals surface area contributed by atoms with E-state index in [1.165, 1.54) is 6.20 Å². The Balaban J connectivity index is 0.000000116. The Morgan fingerprint density at radius 1 is 0.177 bits per heavy atom. The quantitative estimate of drug-likeness (QED) is 0.0517. The normalized spacial score (nSPS) is 11.0. The summed E-state index contributed by atoms with van der Waals surface area (Å²) in [5, 5.41) is 42.3. The Kier molecular flexibility index (Phi) is 29.0. The summed E-state index contributed by atoms with van der Waals surface area (Å²) in [6.45, 7) is 0. The van der Waals surface area contributed by atoms with E-state index >= 15 is 0 Å². The van der Waals surface area contributed by atoms with E-state index in [1.807, 2.05) is 255 Å². The van der Waals surface area contributed by atoms with Crippen molar-refractivity contribution in [3.8, 4) is 158 Å². The fourth-order valence-electron chi connectivity index (χ4n) is 17.6. The van der Waals surface area contributed by atoms with Gasteiger partial charge in [-0.3, -0.25) is 39.9 Å². The van der Waals surface area contributed by atoms with Crippen LogP contribution < -0.4 is 10.9 Å². The largest absolute Gasteiger partial charge is 0.490 e. The van der Waals surface area contributed by atoms with Gasteiger partial charge in [0.05, 0.1) is 78.7 Å². The zero-order chi connectivity index (χ0) is 99.9. The lowest BCUT2D eigenvalue weighted by molar-refractivity contribution is 0.424. The highest BCUT2D eigenvalue weighted by Gasteiger charge is 2.23. The summed E-state index contributed by atoms with van der Waals surface area (Å²) < 4.78 is 2.92. The van der Waals surface area contributed by atoms with Crippen LogP contribution in [0.5, 0.6) is 0 Å². The molecule has 0 spiro atoms. The van der Waals surface area contributed by atoms with Gasteiger partial charge in [0.15, 0.2) is 17.5 Å². The maximum absolute atomic E-state index is 9.39. The third-order valence-corrected chi connectivity index (χ3v) is 26.1. The van der Waals surface area contributed by atoms with Gasteiger partial charge >= 0.3 is 14.2 Å². The Morgan fingerprint density at radius 3 is 0.782 bits per heavy atom. The average molecular weight is 2090 g/mol. The molecule has 14 aromatic carbocycles. The first-order valence-corrected chi connectivity index (χ1v) is 49.7. The van der Waals surface area contributed by atoms with Gasteiger partial charge < -0.3 is 20.1 Å². The van der Waals surface area contributed by atoms with E-state index in [1.54, 1.807) is 36.7 Å². The fraction of sp³-hybridized carbons (Fsp3) is 0. The Bertz CT molecular complexity index is 8830. The number of hydrogen-bond donors (Lipinski definition) is 4. The molecule has 0 aliphatic heterocycles. The maximum atomic E-state index is 9.39. The Labute approximate surface area is 872 Å². The zero-order valence-corrected chi connectivity index (χ0v) is 83.2. The van der Waals surface area contributed by atoms with E-state index in [0.29, 0.717) is 39.3 Å². The van der Waals surface area contributed by atoms with Crippen LogP contribution >= 0.6 is 47.8 Å². The summed E-state index contributed by atoms with van der Waals surface area (Å²) in [5.74, 6) is 2.02. The molecule has 25 aromatic rings. The summed E-state index contributed by atoms with van der Waals surface area (Å²) in [5.41, 5.74) is 30.3. The summed E-state index contributed by atoms with van der Waals surface area (Å²) in [6.07, 6.45) is 14.1. The first-order chi connectivity index (χ1) is 72.2. The van der Waals surface area contributed by atoms with Crippen LogP contribution in [0.4, 0.5) is 0 Å². The van der Waals surface area contributed by atoms with Crippen molar-refractivity contribution in [2.75, 3.05) is 0 Å². The minimum absolute atomic E-state index is 0.398. The van der Waals surface area contributed by atoms with Crippen LogP contribution in [-0.2, 0) is 0 Å². The highest BCUT2D eigenvalue weighted by molar-refractivity contribution is 9.11. The van der Waals surface area contributed by atoms with Gasteiger partial charge in [0.25, 0.3) is 0 Å². The van der Waals surface area contributed by atoms with Crippen molar-refractivity contribution in [2.24, 2.45) is 0 Å².